The van der Waals surface area contributed by atoms with Gasteiger partial charge in [-0.25, -0.2) is 4.98 Å². The highest BCUT2D eigenvalue weighted by atomic mass is 35.5. The van der Waals surface area contributed by atoms with Crippen molar-refractivity contribution in [3.8, 4) is 5.69 Å². The minimum atomic E-state index is 0.600. The van der Waals surface area contributed by atoms with E-state index in [1.54, 1.807) is 0 Å². The van der Waals surface area contributed by atoms with E-state index in [-0.39, 0.29) is 0 Å². The van der Waals surface area contributed by atoms with E-state index in [4.69, 9.17) is 11.6 Å². The molecule has 0 bridgehead atoms. The number of nitrogens with one attached hydrogen (secondary N) is 1. The molecule has 0 radical (unpaired) electrons. The van der Waals surface area contributed by atoms with Crippen molar-refractivity contribution in [1.29, 1.82) is 0 Å². The van der Waals surface area contributed by atoms with E-state index in [9.17, 15) is 0 Å². The van der Waals surface area contributed by atoms with E-state index in [1.165, 1.54) is 12.8 Å². The maximum atomic E-state index is 5.90. The fraction of sp³-hybridized carbons (Fsp3) is 0.308. The molecule has 0 unspecified atom stereocenters. The average molecular weight is 248 g/mol. The summed E-state index contributed by atoms with van der Waals surface area (Å²) in [6.07, 6.45) is 4.52. The van der Waals surface area contributed by atoms with Gasteiger partial charge in [-0.2, -0.15) is 0 Å². The summed E-state index contributed by atoms with van der Waals surface area (Å²) in [5, 5.41) is 4.19. The Balaban J connectivity index is 1.97. The number of nitrogens with zero attached hydrogens (tertiary/aromatic N) is 2. The van der Waals surface area contributed by atoms with Crippen LogP contribution in [0.1, 0.15) is 18.5 Å². The smallest absolute Gasteiger partial charge is 0.207 e. The van der Waals surface area contributed by atoms with Gasteiger partial charge in [0.05, 0.1) is 5.69 Å². The largest absolute Gasteiger partial charge is 0.353 e. The lowest BCUT2D eigenvalue weighted by atomic mass is 10.3. The molecule has 1 N–H and O–H groups in total. The number of hydrogen-bond donors (Lipinski definition) is 1. The van der Waals surface area contributed by atoms with Gasteiger partial charge >= 0.3 is 0 Å². The maximum absolute atomic E-state index is 5.90. The van der Waals surface area contributed by atoms with E-state index in [2.05, 4.69) is 14.9 Å². The molecule has 88 valence electrons. The van der Waals surface area contributed by atoms with Crippen LogP contribution in [-0.4, -0.2) is 15.6 Å². The van der Waals surface area contributed by atoms with Crippen molar-refractivity contribution in [3.63, 3.8) is 0 Å². The van der Waals surface area contributed by atoms with Crippen LogP contribution in [0.15, 0.2) is 30.5 Å². The van der Waals surface area contributed by atoms with Gasteiger partial charge < -0.3 is 5.32 Å². The van der Waals surface area contributed by atoms with E-state index in [0.29, 0.717) is 6.04 Å². The highest BCUT2D eigenvalue weighted by molar-refractivity contribution is 6.30. The number of hydrogen-bond acceptors (Lipinski definition) is 2. The first-order valence-corrected chi connectivity index (χ1v) is 6.18. The van der Waals surface area contributed by atoms with Crippen molar-refractivity contribution in [2.75, 3.05) is 5.32 Å². The highest BCUT2D eigenvalue weighted by Gasteiger charge is 2.23. The quantitative estimate of drug-likeness (QED) is 0.901. The van der Waals surface area contributed by atoms with Crippen LogP contribution < -0.4 is 5.32 Å². The monoisotopic (exact) mass is 247 g/mol. The lowest BCUT2D eigenvalue weighted by Gasteiger charge is -2.08. The van der Waals surface area contributed by atoms with Crippen LogP contribution in [-0.2, 0) is 0 Å². The molecule has 1 heterocycles. The molecule has 1 aromatic carbocycles. The third-order valence-electron chi connectivity index (χ3n) is 2.84. The molecule has 3 nitrogen and oxygen atoms in total. The maximum Gasteiger partial charge on any atom is 0.207 e. The van der Waals surface area contributed by atoms with Gasteiger partial charge in [0, 0.05) is 22.9 Å². The second-order valence-electron chi connectivity index (χ2n) is 4.47. The number of benzene rings is 1. The van der Waals surface area contributed by atoms with Crippen LogP contribution in [0.25, 0.3) is 5.69 Å². The normalized spacial score (nSPS) is 14.9. The molecule has 1 saturated carbocycles. The zero-order chi connectivity index (χ0) is 11.8. The molecular weight excluding hydrogens is 234 g/mol. The van der Waals surface area contributed by atoms with Crippen molar-refractivity contribution < 1.29 is 0 Å². The zero-order valence-corrected chi connectivity index (χ0v) is 10.4. The lowest BCUT2D eigenvalue weighted by molar-refractivity contribution is 1.00. The van der Waals surface area contributed by atoms with Crippen LogP contribution in [0.3, 0.4) is 0 Å². The van der Waals surface area contributed by atoms with Crippen LogP contribution >= 0.6 is 11.6 Å². The molecule has 0 spiro atoms. The first kappa shape index (κ1) is 10.7. The molecule has 1 aliphatic carbocycles. The van der Waals surface area contributed by atoms with Gasteiger partial charge in [-0.3, -0.25) is 4.57 Å². The Morgan fingerprint density at radius 2 is 2.00 bits per heavy atom. The topological polar surface area (TPSA) is 29.9 Å². The van der Waals surface area contributed by atoms with Crippen LogP contribution in [0, 0.1) is 6.92 Å². The molecule has 0 amide bonds. The Morgan fingerprint density at radius 1 is 1.29 bits per heavy atom. The summed E-state index contributed by atoms with van der Waals surface area (Å²) in [5.74, 6) is 0.923. The fourth-order valence-corrected chi connectivity index (χ4v) is 1.93. The molecule has 1 aliphatic rings. The first-order chi connectivity index (χ1) is 8.22. The third-order valence-corrected chi connectivity index (χ3v) is 3.09. The molecule has 3 rings (SSSR count). The first-order valence-electron chi connectivity index (χ1n) is 5.81. The second kappa shape index (κ2) is 4.08. The SMILES string of the molecule is Cc1cn(-c2ccc(Cl)cc2)c(NC2CC2)n1. The van der Waals surface area contributed by atoms with E-state index >= 15 is 0 Å². The number of halogens is 1. The number of aryl methyl sites for hydroxylation is 1. The second-order valence-corrected chi connectivity index (χ2v) is 4.91. The molecule has 0 atom stereocenters. The van der Waals surface area contributed by atoms with Gasteiger partial charge in [0.1, 0.15) is 0 Å². The summed E-state index contributed by atoms with van der Waals surface area (Å²) in [7, 11) is 0. The Bertz CT molecular complexity index is 526. The molecule has 0 saturated heterocycles. The summed E-state index contributed by atoms with van der Waals surface area (Å²) in [5.41, 5.74) is 2.10. The summed E-state index contributed by atoms with van der Waals surface area (Å²) >= 11 is 5.90. The molecule has 1 aromatic heterocycles. The fourth-order valence-electron chi connectivity index (χ4n) is 1.81. The standard InChI is InChI=1S/C13H14ClN3/c1-9-8-17(12-6-2-10(14)3-7-12)13(15-9)16-11-4-5-11/h2-3,6-8,11H,4-5H2,1H3,(H,15,16). The van der Waals surface area contributed by atoms with Gasteiger partial charge in [-0.15, -0.1) is 0 Å². The average Bonchev–Trinajstić information content (AvgIpc) is 3.03. The third kappa shape index (κ3) is 2.29. The molecule has 17 heavy (non-hydrogen) atoms. The predicted molar refractivity (Wildman–Crippen MR) is 70.0 cm³/mol. The minimum Gasteiger partial charge on any atom is -0.353 e. The van der Waals surface area contributed by atoms with Crippen molar-refractivity contribution in [1.82, 2.24) is 9.55 Å². The van der Waals surface area contributed by atoms with Crippen molar-refractivity contribution >= 4 is 17.5 Å². The summed E-state index contributed by atoms with van der Waals surface area (Å²) in [6, 6.07) is 8.39. The van der Waals surface area contributed by atoms with Crippen molar-refractivity contribution in [3.05, 3.63) is 41.2 Å². The molecular formula is C13H14ClN3. The molecule has 0 aliphatic heterocycles. The predicted octanol–water partition coefficient (Wildman–Crippen LogP) is 3.41. The summed E-state index contributed by atoms with van der Waals surface area (Å²) in [4.78, 5) is 4.51. The number of imidazole rings is 1. The van der Waals surface area contributed by atoms with Crippen LogP contribution in [0.4, 0.5) is 5.95 Å². The molecule has 2 aromatic rings. The number of rotatable bonds is 3. The van der Waals surface area contributed by atoms with Gasteiger partial charge in [0.15, 0.2) is 0 Å². The Morgan fingerprint density at radius 3 is 2.65 bits per heavy atom. The Labute approximate surface area is 105 Å². The van der Waals surface area contributed by atoms with E-state index < -0.39 is 0 Å². The zero-order valence-electron chi connectivity index (χ0n) is 9.65. The van der Waals surface area contributed by atoms with Gasteiger partial charge in [-0.05, 0) is 44.0 Å². The van der Waals surface area contributed by atoms with Gasteiger partial charge in [0.25, 0.3) is 0 Å². The molecule has 4 heteroatoms. The van der Waals surface area contributed by atoms with Crippen LogP contribution in [0.2, 0.25) is 5.02 Å². The number of anilines is 1. The minimum absolute atomic E-state index is 0.600. The van der Waals surface area contributed by atoms with Crippen LogP contribution in [0.5, 0.6) is 0 Å². The summed E-state index contributed by atoms with van der Waals surface area (Å²) in [6.45, 7) is 2.00. The van der Waals surface area contributed by atoms with Crippen molar-refractivity contribution in [2.24, 2.45) is 0 Å². The number of aromatic nitrogens is 2. The highest BCUT2D eigenvalue weighted by Crippen LogP contribution is 2.26. The molecule has 1 fully saturated rings. The summed E-state index contributed by atoms with van der Waals surface area (Å²) < 4.78 is 2.07. The Hall–Kier alpha value is -1.48. The van der Waals surface area contributed by atoms with Crippen molar-refractivity contribution in [2.45, 2.75) is 25.8 Å². The van der Waals surface area contributed by atoms with E-state index in [1.807, 2.05) is 37.4 Å². The van der Waals surface area contributed by atoms with Gasteiger partial charge in [-0.1, -0.05) is 11.6 Å². The van der Waals surface area contributed by atoms with E-state index in [0.717, 1.165) is 22.4 Å². The lowest BCUT2D eigenvalue weighted by Crippen LogP contribution is -2.07. The van der Waals surface area contributed by atoms with Gasteiger partial charge in [0.2, 0.25) is 5.95 Å². The Kier molecular flexibility index (Phi) is 2.56.